The molecule has 2 nitrogen and oxygen atoms in total. The van der Waals surface area contributed by atoms with E-state index in [0.29, 0.717) is 0 Å². The van der Waals surface area contributed by atoms with Gasteiger partial charge in [0.15, 0.2) is 0 Å². The van der Waals surface area contributed by atoms with E-state index in [-0.39, 0.29) is 1.43 Å². The third kappa shape index (κ3) is 2.82. The zero-order valence-corrected chi connectivity index (χ0v) is 7.37. The lowest BCUT2D eigenvalue weighted by Crippen LogP contribution is -1.84. The summed E-state index contributed by atoms with van der Waals surface area (Å²) in [5.41, 5.74) is 0. The smallest absolute Gasteiger partial charge is 0.103 e. The molecular weight excluding hydrogens is 146 g/mol. The van der Waals surface area contributed by atoms with E-state index in [1.54, 1.807) is 18.5 Å². The summed E-state index contributed by atoms with van der Waals surface area (Å²) in [6, 6.07) is 3.63. The normalized spacial score (nSPS) is 11.5. The van der Waals surface area contributed by atoms with Crippen molar-refractivity contribution in [3.63, 3.8) is 0 Å². The molecule has 0 fully saturated rings. The molecule has 0 radical (unpaired) electrons. The van der Waals surface area contributed by atoms with E-state index in [4.69, 9.17) is 0 Å². The second kappa shape index (κ2) is 5.23. The van der Waals surface area contributed by atoms with E-state index >= 15 is 0 Å². The Bertz CT molecular complexity index is 186. The van der Waals surface area contributed by atoms with Crippen LogP contribution in [-0.2, 0) is 10.8 Å². The number of aromatic amines is 1. The molecule has 0 aliphatic heterocycles. The van der Waals surface area contributed by atoms with Gasteiger partial charge in [0.1, 0.15) is 5.03 Å². The van der Waals surface area contributed by atoms with Crippen LogP contribution in [0.15, 0.2) is 23.4 Å². The van der Waals surface area contributed by atoms with Crippen molar-refractivity contribution in [2.75, 3.05) is 6.26 Å². The second-order valence-electron chi connectivity index (χ2n) is 1.49. The van der Waals surface area contributed by atoms with Gasteiger partial charge in [-0.05, 0) is 12.1 Å². The van der Waals surface area contributed by atoms with Gasteiger partial charge in [-0.3, -0.25) is 4.21 Å². The SMILES string of the molecule is CC.CS(=O)c1ccc[nH]1.[HH]. The first kappa shape index (κ1) is 9.43. The van der Waals surface area contributed by atoms with Crippen LogP contribution in [0.2, 0.25) is 0 Å². The van der Waals surface area contributed by atoms with Crippen molar-refractivity contribution >= 4 is 10.8 Å². The maximum atomic E-state index is 10.6. The average molecular weight is 161 g/mol. The van der Waals surface area contributed by atoms with Gasteiger partial charge in [-0.15, -0.1) is 0 Å². The average Bonchev–Trinajstić information content (AvgIpc) is 2.42. The number of rotatable bonds is 1. The number of hydrogen-bond acceptors (Lipinski definition) is 1. The highest BCUT2D eigenvalue weighted by molar-refractivity contribution is 7.84. The quantitative estimate of drug-likeness (QED) is 0.671. The third-order valence-electron chi connectivity index (χ3n) is 0.879. The number of nitrogens with one attached hydrogen (secondary N) is 1. The molecule has 0 amide bonds. The fourth-order valence-electron chi connectivity index (χ4n) is 0.493. The molecule has 1 atom stereocenters. The Morgan fingerprint density at radius 3 is 2.40 bits per heavy atom. The highest BCUT2D eigenvalue weighted by Crippen LogP contribution is 1.97. The first-order valence-electron chi connectivity index (χ1n) is 3.27. The van der Waals surface area contributed by atoms with E-state index in [2.05, 4.69) is 4.98 Å². The maximum Gasteiger partial charge on any atom is 0.103 e. The van der Waals surface area contributed by atoms with Crippen molar-refractivity contribution in [1.29, 1.82) is 0 Å². The topological polar surface area (TPSA) is 32.9 Å². The van der Waals surface area contributed by atoms with Gasteiger partial charge in [0, 0.05) is 13.9 Å². The van der Waals surface area contributed by atoms with E-state index in [9.17, 15) is 4.21 Å². The number of hydrogen-bond donors (Lipinski definition) is 1. The van der Waals surface area contributed by atoms with Crippen LogP contribution in [-0.4, -0.2) is 15.4 Å². The van der Waals surface area contributed by atoms with Crippen molar-refractivity contribution in [2.24, 2.45) is 0 Å². The summed E-state index contributed by atoms with van der Waals surface area (Å²) in [5, 5.41) is 0.782. The van der Waals surface area contributed by atoms with Crippen LogP contribution >= 0.6 is 0 Å². The van der Waals surface area contributed by atoms with Crippen molar-refractivity contribution in [1.82, 2.24) is 4.98 Å². The molecule has 1 N–H and O–H groups in total. The summed E-state index contributed by atoms with van der Waals surface area (Å²) in [5.74, 6) is 0. The fraction of sp³-hybridized carbons (Fsp3) is 0.429. The van der Waals surface area contributed by atoms with Gasteiger partial charge in [0.05, 0.1) is 10.8 Å². The Morgan fingerprint density at radius 1 is 1.60 bits per heavy atom. The Hall–Kier alpha value is -0.570. The molecule has 0 bridgehead atoms. The van der Waals surface area contributed by atoms with Gasteiger partial charge in [-0.2, -0.15) is 0 Å². The van der Waals surface area contributed by atoms with Gasteiger partial charge in [0.25, 0.3) is 0 Å². The minimum Gasteiger partial charge on any atom is -0.354 e. The molecule has 0 aromatic carbocycles. The van der Waals surface area contributed by atoms with Gasteiger partial charge < -0.3 is 4.98 Å². The summed E-state index contributed by atoms with van der Waals surface area (Å²) in [6.07, 6.45) is 3.41. The van der Waals surface area contributed by atoms with Gasteiger partial charge in [-0.1, -0.05) is 13.8 Å². The first-order valence-corrected chi connectivity index (χ1v) is 4.83. The minimum absolute atomic E-state index is 0. The lowest BCUT2D eigenvalue weighted by molar-refractivity contribution is 0.685. The van der Waals surface area contributed by atoms with Crippen LogP contribution in [0.3, 0.4) is 0 Å². The molecule has 0 saturated heterocycles. The van der Waals surface area contributed by atoms with Crippen molar-refractivity contribution in [3.05, 3.63) is 18.3 Å². The van der Waals surface area contributed by atoms with E-state index in [1.165, 1.54) is 0 Å². The molecule has 1 aromatic rings. The van der Waals surface area contributed by atoms with Crippen LogP contribution in [0.25, 0.3) is 0 Å². The monoisotopic (exact) mass is 161 g/mol. The van der Waals surface area contributed by atoms with E-state index < -0.39 is 10.8 Å². The fourth-order valence-corrected chi connectivity index (χ4v) is 0.997. The molecule has 0 spiro atoms. The Morgan fingerprint density at radius 2 is 2.20 bits per heavy atom. The summed E-state index contributed by atoms with van der Waals surface area (Å²) in [6.45, 7) is 4.00. The highest BCUT2D eigenvalue weighted by Gasteiger charge is 1.92. The highest BCUT2D eigenvalue weighted by atomic mass is 32.2. The number of H-pyrrole nitrogens is 1. The summed E-state index contributed by atoms with van der Waals surface area (Å²) in [7, 11) is -0.853. The van der Waals surface area contributed by atoms with Gasteiger partial charge in [-0.25, -0.2) is 0 Å². The third-order valence-corrected chi connectivity index (χ3v) is 1.75. The molecule has 1 rings (SSSR count). The van der Waals surface area contributed by atoms with Crippen LogP contribution in [0.1, 0.15) is 15.3 Å². The summed E-state index contributed by atoms with van der Waals surface area (Å²) in [4.78, 5) is 2.84. The van der Waals surface area contributed by atoms with Crippen LogP contribution < -0.4 is 0 Å². The Balaban J connectivity index is 0. The molecule has 10 heavy (non-hydrogen) atoms. The molecule has 60 valence electrons. The lowest BCUT2D eigenvalue weighted by atomic mass is 10.7. The zero-order valence-electron chi connectivity index (χ0n) is 6.55. The molecule has 0 aliphatic rings. The van der Waals surface area contributed by atoms with Crippen molar-refractivity contribution in [3.8, 4) is 0 Å². The predicted octanol–water partition coefficient (Wildman–Crippen LogP) is 2.02. The molecular formula is C7H15NOS. The number of aromatic nitrogens is 1. The summed E-state index contributed by atoms with van der Waals surface area (Å²) < 4.78 is 10.6. The van der Waals surface area contributed by atoms with Crippen molar-refractivity contribution in [2.45, 2.75) is 18.9 Å². The van der Waals surface area contributed by atoms with Crippen LogP contribution in [0.5, 0.6) is 0 Å². The molecule has 1 heterocycles. The Labute approximate surface area is 65.6 Å². The van der Waals surface area contributed by atoms with E-state index in [1.807, 2.05) is 19.9 Å². The Kier molecular flexibility index (Phi) is 4.94. The molecule has 1 aromatic heterocycles. The minimum atomic E-state index is -0.853. The molecule has 0 saturated carbocycles. The zero-order chi connectivity index (χ0) is 7.98. The van der Waals surface area contributed by atoms with Crippen LogP contribution in [0.4, 0.5) is 0 Å². The predicted molar refractivity (Wildman–Crippen MR) is 46.6 cm³/mol. The molecule has 1 unspecified atom stereocenters. The first-order chi connectivity index (χ1) is 4.80. The summed E-state index contributed by atoms with van der Waals surface area (Å²) >= 11 is 0. The van der Waals surface area contributed by atoms with Crippen molar-refractivity contribution < 1.29 is 5.64 Å². The van der Waals surface area contributed by atoms with E-state index in [0.717, 1.165) is 5.03 Å². The standard InChI is InChI=1S/C5H7NOS.C2H6.H2/c1-8(7)5-3-2-4-6-5;1-2;/h2-4,6H,1H3;1-2H3;1H. The second-order valence-corrected chi connectivity index (χ2v) is 2.84. The molecule has 3 heteroatoms. The molecule has 0 aliphatic carbocycles. The maximum absolute atomic E-state index is 10.6. The van der Waals surface area contributed by atoms with Crippen LogP contribution in [0, 0.1) is 0 Å². The largest absolute Gasteiger partial charge is 0.354 e. The van der Waals surface area contributed by atoms with Gasteiger partial charge >= 0.3 is 0 Å². The van der Waals surface area contributed by atoms with Gasteiger partial charge in [0.2, 0.25) is 0 Å². The lowest BCUT2D eigenvalue weighted by Gasteiger charge is -1.83.